The number of hydrogen-bond donors (Lipinski definition) is 1. The molecule has 1 aromatic carbocycles. The molecule has 0 saturated carbocycles. The van der Waals surface area contributed by atoms with Gasteiger partial charge in [0.25, 0.3) is 15.9 Å². The molecule has 0 aromatic heterocycles. The van der Waals surface area contributed by atoms with Crippen LogP contribution in [0.2, 0.25) is 0 Å². The number of benzene rings is 1. The molecule has 1 aromatic rings. The van der Waals surface area contributed by atoms with Gasteiger partial charge in [-0.25, -0.2) is 8.42 Å². The first-order chi connectivity index (χ1) is 11.9. The molecule has 132 valence electrons. The maximum absolute atomic E-state index is 12.5. The van der Waals surface area contributed by atoms with E-state index in [1.807, 2.05) is 31.3 Å². The first-order valence-corrected chi connectivity index (χ1v) is 9.60. The molecule has 0 radical (unpaired) electrons. The topological polar surface area (TPSA) is 82.1 Å². The quantitative estimate of drug-likeness (QED) is 0.882. The van der Waals surface area contributed by atoms with Crippen LogP contribution in [0.25, 0.3) is 0 Å². The normalized spacial score (nSPS) is 18.1. The minimum atomic E-state index is -3.39. The second-order valence-corrected chi connectivity index (χ2v) is 7.62. The molecule has 0 atom stereocenters. The Morgan fingerprint density at radius 3 is 2.92 bits per heavy atom. The predicted octanol–water partition coefficient (Wildman–Crippen LogP) is 1.58. The van der Waals surface area contributed by atoms with Crippen molar-refractivity contribution in [1.82, 2.24) is 4.90 Å². The largest absolute Gasteiger partial charge is 0.375 e. The van der Waals surface area contributed by atoms with Gasteiger partial charge in [-0.15, -0.1) is 4.40 Å². The van der Waals surface area contributed by atoms with E-state index in [9.17, 15) is 13.2 Å². The fourth-order valence-electron chi connectivity index (χ4n) is 2.54. The van der Waals surface area contributed by atoms with Gasteiger partial charge in [0.1, 0.15) is 5.84 Å². The molecule has 3 rings (SSSR count). The Morgan fingerprint density at radius 1 is 1.36 bits per heavy atom. The molecule has 2 heterocycles. The minimum absolute atomic E-state index is 0.0544. The Balaban J connectivity index is 1.75. The highest BCUT2D eigenvalue weighted by Crippen LogP contribution is 2.20. The summed E-state index contributed by atoms with van der Waals surface area (Å²) in [6.07, 6.45) is 4.76. The second-order valence-electron chi connectivity index (χ2n) is 5.87. The lowest BCUT2D eigenvalue weighted by molar-refractivity contribution is -0.112. The van der Waals surface area contributed by atoms with Crippen LogP contribution >= 0.6 is 0 Å². The van der Waals surface area contributed by atoms with E-state index < -0.39 is 10.0 Å². The van der Waals surface area contributed by atoms with Crippen molar-refractivity contribution in [1.29, 1.82) is 0 Å². The summed E-state index contributed by atoms with van der Waals surface area (Å²) < 4.78 is 26.7. The molecule has 0 spiro atoms. The second kappa shape index (κ2) is 6.72. The maximum Gasteiger partial charge on any atom is 0.257 e. The molecular weight excluding hydrogens is 340 g/mol. The zero-order valence-corrected chi connectivity index (χ0v) is 15.0. The van der Waals surface area contributed by atoms with Gasteiger partial charge in [-0.3, -0.25) is 4.79 Å². The molecule has 2 aliphatic heterocycles. The van der Waals surface area contributed by atoms with E-state index in [0.29, 0.717) is 23.6 Å². The predicted molar refractivity (Wildman–Crippen MR) is 99.2 cm³/mol. The van der Waals surface area contributed by atoms with Gasteiger partial charge in [0.2, 0.25) is 0 Å². The summed E-state index contributed by atoms with van der Waals surface area (Å²) >= 11 is 0. The molecule has 0 saturated heterocycles. The van der Waals surface area contributed by atoms with Crippen molar-refractivity contribution in [3.63, 3.8) is 0 Å². The fraction of sp³-hybridized carbons (Fsp3) is 0.294. The van der Waals surface area contributed by atoms with Crippen molar-refractivity contribution in [2.45, 2.75) is 6.92 Å². The summed E-state index contributed by atoms with van der Waals surface area (Å²) in [5, 5.41) is 2.87. The smallest absolute Gasteiger partial charge is 0.257 e. The van der Waals surface area contributed by atoms with E-state index in [0.717, 1.165) is 12.2 Å². The number of carbonyl (C=O) groups is 1. The zero-order chi connectivity index (χ0) is 18.0. The van der Waals surface area contributed by atoms with Crippen LogP contribution in [0.3, 0.4) is 0 Å². The van der Waals surface area contributed by atoms with Crippen LogP contribution in [0.4, 0.5) is 11.4 Å². The average Bonchev–Trinajstić information content (AvgIpc) is 2.60. The molecule has 1 amide bonds. The van der Waals surface area contributed by atoms with E-state index >= 15 is 0 Å². The summed E-state index contributed by atoms with van der Waals surface area (Å²) in [5.74, 6) is 0.0376. The Morgan fingerprint density at radius 2 is 2.16 bits per heavy atom. The van der Waals surface area contributed by atoms with Crippen LogP contribution in [0.15, 0.2) is 52.6 Å². The molecule has 8 heteroatoms. The van der Waals surface area contributed by atoms with Crippen molar-refractivity contribution in [3.8, 4) is 0 Å². The molecule has 0 unspecified atom stereocenters. The number of rotatable bonds is 4. The standard InChI is InChI=1S/C17H20N4O3S/c1-3-20(2)15-6-4-5-14(11-15)18-17(22)13-7-8-16-19-25(23,24)10-9-21(16)12-13/h4-8,11-12H,3,9-10H2,1-2H3,(H,18,22). The number of amidine groups is 1. The van der Waals surface area contributed by atoms with E-state index in [1.165, 1.54) is 0 Å². The lowest BCUT2D eigenvalue weighted by Gasteiger charge is -2.27. The number of hydrogen-bond acceptors (Lipinski definition) is 5. The highest BCUT2D eigenvalue weighted by molar-refractivity contribution is 7.90. The monoisotopic (exact) mass is 360 g/mol. The number of fused-ring (bicyclic) bond motifs is 1. The molecule has 0 aliphatic carbocycles. The molecule has 7 nitrogen and oxygen atoms in total. The van der Waals surface area contributed by atoms with E-state index in [-0.39, 0.29) is 11.7 Å². The lowest BCUT2D eigenvalue weighted by atomic mass is 10.1. The van der Waals surface area contributed by atoms with Crippen LogP contribution in [0, 0.1) is 0 Å². The number of nitrogens with zero attached hydrogens (tertiary/aromatic N) is 3. The minimum Gasteiger partial charge on any atom is -0.375 e. The third-order valence-electron chi connectivity index (χ3n) is 4.11. The van der Waals surface area contributed by atoms with Crippen molar-refractivity contribution in [3.05, 3.63) is 48.2 Å². The summed E-state index contributed by atoms with van der Waals surface area (Å²) in [4.78, 5) is 16.2. The first-order valence-electron chi connectivity index (χ1n) is 8.00. The number of nitrogens with one attached hydrogen (secondary N) is 1. The van der Waals surface area contributed by atoms with Gasteiger partial charge in [-0.05, 0) is 37.3 Å². The van der Waals surface area contributed by atoms with Crippen LogP contribution in [-0.4, -0.2) is 51.0 Å². The van der Waals surface area contributed by atoms with Crippen LogP contribution in [0.5, 0.6) is 0 Å². The van der Waals surface area contributed by atoms with Gasteiger partial charge in [-0.2, -0.15) is 0 Å². The van der Waals surface area contributed by atoms with Crippen LogP contribution in [0.1, 0.15) is 6.92 Å². The number of sulfonamides is 1. The number of anilines is 2. The van der Waals surface area contributed by atoms with Gasteiger partial charge < -0.3 is 15.1 Å². The highest BCUT2D eigenvalue weighted by atomic mass is 32.2. The SMILES string of the molecule is CCN(C)c1cccc(NC(=O)C2=CN3CCS(=O)(=O)N=C3C=C2)c1. The molecule has 0 bridgehead atoms. The third kappa shape index (κ3) is 3.90. The van der Waals surface area contributed by atoms with E-state index in [2.05, 4.69) is 21.5 Å². The Bertz CT molecular complexity index is 887. The Hall–Kier alpha value is -2.61. The summed E-state index contributed by atoms with van der Waals surface area (Å²) in [6.45, 7) is 3.21. The molecule has 2 aliphatic rings. The van der Waals surface area contributed by atoms with Crippen LogP contribution < -0.4 is 10.2 Å². The van der Waals surface area contributed by atoms with Crippen LogP contribution in [-0.2, 0) is 14.8 Å². The molecule has 0 fully saturated rings. The third-order valence-corrected chi connectivity index (χ3v) is 5.27. The van der Waals surface area contributed by atoms with Crippen molar-refractivity contribution >= 4 is 33.1 Å². The van der Waals surface area contributed by atoms with Gasteiger partial charge in [0.05, 0.1) is 11.3 Å². The Kier molecular flexibility index (Phi) is 4.63. The van der Waals surface area contributed by atoms with E-state index in [4.69, 9.17) is 0 Å². The number of carbonyl (C=O) groups excluding carboxylic acids is 1. The fourth-order valence-corrected chi connectivity index (χ4v) is 3.51. The maximum atomic E-state index is 12.5. The van der Waals surface area contributed by atoms with E-state index in [1.54, 1.807) is 23.3 Å². The summed E-state index contributed by atoms with van der Waals surface area (Å²) in [7, 11) is -1.41. The van der Waals surface area contributed by atoms with Crippen molar-refractivity contribution < 1.29 is 13.2 Å². The highest BCUT2D eigenvalue weighted by Gasteiger charge is 2.25. The average molecular weight is 360 g/mol. The van der Waals surface area contributed by atoms with Crippen molar-refractivity contribution in [2.75, 3.05) is 36.1 Å². The molecule has 25 heavy (non-hydrogen) atoms. The number of amides is 1. The van der Waals surface area contributed by atoms with Gasteiger partial charge in [0, 0.05) is 37.7 Å². The molecule has 1 N–H and O–H groups in total. The lowest BCUT2D eigenvalue weighted by Crippen LogP contribution is -2.37. The van der Waals surface area contributed by atoms with Crippen molar-refractivity contribution in [2.24, 2.45) is 4.40 Å². The molecular formula is C17H20N4O3S. The van der Waals surface area contributed by atoms with Gasteiger partial charge >= 0.3 is 0 Å². The first kappa shape index (κ1) is 17.2. The summed E-state index contributed by atoms with van der Waals surface area (Å²) in [6, 6.07) is 7.62. The zero-order valence-electron chi connectivity index (χ0n) is 14.1. The Labute approximate surface area is 147 Å². The van der Waals surface area contributed by atoms with Gasteiger partial charge in [0.15, 0.2) is 0 Å². The van der Waals surface area contributed by atoms with Gasteiger partial charge in [-0.1, -0.05) is 6.07 Å². The summed E-state index contributed by atoms with van der Waals surface area (Å²) in [5.41, 5.74) is 2.18.